The van der Waals surface area contributed by atoms with Crippen LogP contribution in [0.1, 0.15) is 27.7 Å². The second kappa shape index (κ2) is 5.31. The third kappa shape index (κ3) is 4.19. The number of aromatic nitrogens is 2. The lowest BCUT2D eigenvalue weighted by molar-refractivity contribution is -0.123. The summed E-state index contributed by atoms with van der Waals surface area (Å²) in [6.07, 6.45) is 5.36. The zero-order valence-electron chi connectivity index (χ0n) is 11.0. The van der Waals surface area contributed by atoms with Gasteiger partial charge in [-0.2, -0.15) is 0 Å². The molecule has 0 aromatic carbocycles. The fourth-order valence-corrected chi connectivity index (χ4v) is 1.44. The summed E-state index contributed by atoms with van der Waals surface area (Å²) in [6.45, 7) is 8.66. The van der Waals surface area contributed by atoms with E-state index in [2.05, 4.69) is 31.1 Å². The highest BCUT2D eigenvalue weighted by atomic mass is 16.2. The molecule has 0 aliphatic carbocycles. The highest BCUT2D eigenvalue weighted by molar-refractivity contribution is 5.81. The zero-order chi connectivity index (χ0) is 13.1. The van der Waals surface area contributed by atoms with Gasteiger partial charge in [0.25, 0.3) is 0 Å². The Morgan fingerprint density at radius 3 is 2.59 bits per heavy atom. The third-order valence-corrected chi connectivity index (χ3v) is 2.73. The first-order chi connectivity index (χ1) is 7.80. The van der Waals surface area contributed by atoms with Gasteiger partial charge in [-0.1, -0.05) is 20.8 Å². The number of hydrogen-bond donors (Lipinski definition) is 2. The summed E-state index contributed by atoms with van der Waals surface area (Å²) >= 11 is 0. The predicted octanol–water partition coefficient (Wildman–Crippen LogP) is 0.761. The molecule has 3 N–H and O–H groups in total. The second-order valence-corrected chi connectivity index (χ2v) is 5.48. The second-order valence-electron chi connectivity index (χ2n) is 5.48. The lowest BCUT2D eigenvalue weighted by atomic mass is 9.86. The Labute approximate surface area is 102 Å². The molecule has 0 saturated heterocycles. The summed E-state index contributed by atoms with van der Waals surface area (Å²) in [6, 6.07) is -0.460. The van der Waals surface area contributed by atoms with Crippen LogP contribution in [0.4, 0.5) is 0 Å². The molecule has 2 atom stereocenters. The summed E-state index contributed by atoms with van der Waals surface area (Å²) in [5, 5.41) is 2.98. The minimum absolute atomic E-state index is 0.0233. The van der Waals surface area contributed by atoms with E-state index < -0.39 is 6.04 Å². The maximum absolute atomic E-state index is 11.7. The number of rotatable bonds is 4. The van der Waals surface area contributed by atoms with Gasteiger partial charge in [0.1, 0.15) is 0 Å². The van der Waals surface area contributed by atoms with Gasteiger partial charge >= 0.3 is 0 Å². The quantitative estimate of drug-likeness (QED) is 0.813. The van der Waals surface area contributed by atoms with Gasteiger partial charge < -0.3 is 15.6 Å². The SMILES string of the molecule is C[C@@H](N)C(=O)NC(Cn1ccnc1)C(C)(C)C. The number of hydrogen-bond acceptors (Lipinski definition) is 3. The first-order valence-corrected chi connectivity index (χ1v) is 5.82. The van der Waals surface area contributed by atoms with Crippen molar-refractivity contribution >= 4 is 5.91 Å². The molecule has 5 nitrogen and oxygen atoms in total. The van der Waals surface area contributed by atoms with Crippen LogP contribution in [0.2, 0.25) is 0 Å². The molecule has 1 aromatic heterocycles. The van der Waals surface area contributed by atoms with Crippen LogP contribution in [-0.2, 0) is 11.3 Å². The van der Waals surface area contributed by atoms with Gasteiger partial charge in [-0.3, -0.25) is 4.79 Å². The molecular formula is C12H22N4O. The van der Waals surface area contributed by atoms with Gasteiger partial charge in [0.15, 0.2) is 0 Å². The Morgan fingerprint density at radius 1 is 1.53 bits per heavy atom. The van der Waals surface area contributed by atoms with E-state index in [4.69, 9.17) is 5.73 Å². The summed E-state index contributed by atoms with van der Waals surface area (Å²) in [5.74, 6) is -0.120. The predicted molar refractivity (Wildman–Crippen MR) is 67.3 cm³/mol. The van der Waals surface area contributed by atoms with Crippen molar-refractivity contribution in [2.24, 2.45) is 11.1 Å². The lowest BCUT2D eigenvalue weighted by Crippen LogP contribution is -2.50. The first kappa shape index (κ1) is 13.7. The van der Waals surface area contributed by atoms with Gasteiger partial charge in [0, 0.05) is 18.9 Å². The molecule has 1 amide bonds. The molecule has 0 saturated carbocycles. The molecule has 5 heteroatoms. The van der Waals surface area contributed by atoms with Crippen molar-refractivity contribution < 1.29 is 4.79 Å². The van der Waals surface area contributed by atoms with E-state index in [9.17, 15) is 4.79 Å². The molecule has 1 rings (SSSR count). The average molecular weight is 238 g/mol. The third-order valence-electron chi connectivity index (χ3n) is 2.73. The molecule has 0 radical (unpaired) electrons. The first-order valence-electron chi connectivity index (χ1n) is 5.82. The number of amides is 1. The van der Waals surface area contributed by atoms with Crippen molar-refractivity contribution in [2.75, 3.05) is 0 Å². The summed E-state index contributed by atoms with van der Waals surface area (Å²) in [5.41, 5.74) is 5.54. The Kier molecular flexibility index (Phi) is 4.28. The van der Waals surface area contributed by atoms with Gasteiger partial charge in [-0.15, -0.1) is 0 Å². The van der Waals surface area contributed by atoms with Crippen LogP contribution in [0.25, 0.3) is 0 Å². The molecule has 0 aliphatic heterocycles. The molecule has 0 aliphatic rings. The molecule has 1 unspecified atom stereocenters. The number of carbonyl (C=O) groups excluding carboxylic acids is 1. The van der Waals surface area contributed by atoms with Crippen LogP contribution in [0, 0.1) is 5.41 Å². The fourth-order valence-electron chi connectivity index (χ4n) is 1.44. The maximum Gasteiger partial charge on any atom is 0.236 e. The average Bonchev–Trinajstić information content (AvgIpc) is 2.67. The van der Waals surface area contributed by atoms with Gasteiger partial charge in [0.05, 0.1) is 18.4 Å². The van der Waals surface area contributed by atoms with Crippen LogP contribution in [0.15, 0.2) is 18.7 Å². The van der Waals surface area contributed by atoms with Crippen LogP contribution in [0.3, 0.4) is 0 Å². The van der Waals surface area contributed by atoms with Crippen molar-refractivity contribution in [1.29, 1.82) is 0 Å². The van der Waals surface area contributed by atoms with Crippen molar-refractivity contribution in [3.63, 3.8) is 0 Å². The standard InChI is InChI=1S/C12H22N4O/c1-9(13)11(17)15-10(12(2,3)4)7-16-6-5-14-8-16/h5-6,8-10H,7,13H2,1-4H3,(H,15,17)/t9-,10?/m1/s1. The van der Waals surface area contributed by atoms with E-state index >= 15 is 0 Å². The molecule has 1 heterocycles. The normalized spacial score (nSPS) is 15.4. The van der Waals surface area contributed by atoms with Gasteiger partial charge in [-0.25, -0.2) is 4.98 Å². The van der Waals surface area contributed by atoms with Crippen molar-refractivity contribution in [2.45, 2.75) is 46.3 Å². The summed E-state index contributed by atoms with van der Waals surface area (Å²) in [7, 11) is 0. The summed E-state index contributed by atoms with van der Waals surface area (Å²) < 4.78 is 1.96. The largest absolute Gasteiger partial charge is 0.350 e. The van der Waals surface area contributed by atoms with E-state index in [1.54, 1.807) is 19.4 Å². The van der Waals surface area contributed by atoms with E-state index in [0.717, 1.165) is 0 Å². The number of nitrogens with one attached hydrogen (secondary N) is 1. The van der Waals surface area contributed by atoms with Crippen molar-refractivity contribution in [3.8, 4) is 0 Å². The minimum Gasteiger partial charge on any atom is -0.350 e. The van der Waals surface area contributed by atoms with Gasteiger partial charge in [-0.05, 0) is 12.3 Å². The van der Waals surface area contributed by atoms with Crippen molar-refractivity contribution in [1.82, 2.24) is 14.9 Å². The Hall–Kier alpha value is -1.36. The Balaban J connectivity index is 2.72. The molecule has 17 heavy (non-hydrogen) atoms. The van der Waals surface area contributed by atoms with Gasteiger partial charge in [0.2, 0.25) is 5.91 Å². The highest BCUT2D eigenvalue weighted by Gasteiger charge is 2.27. The molecule has 96 valence electrons. The lowest BCUT2D eigenvalue weighted by Gasteiger charge is -2.32. The van der Waals surface area contributed by atoms with Crippen LogP contribution in [0.5, 0.6) is 0 Å². The smallest absolute Gasteiger partial charge is 0.236 e. The van der Waals surface area contributed by atoms with E-state index in [0.29, 0.717) is 6.54 Å². The van der Waals surface area contributed by atoms with Crippen LogP contribution in [-0.4, -0.2) is 27.5 Å². The Bertz CT molecular complexity index is 351. The molecule has 1 aromatic rings. The number of nitrogens with zero attached hydrogens (tertiary/aromatic N) is 2. The molecular weight excluding hydrogens is 216 g/mol. The zero-order valence-corrected chi connectivity index (χ0v) is 11.0. The number of nitrogens with two attached hydrogens (primary N) is 1. The Morgan fingerprint density at radius 2 is 2.18 bits per heavy atom. The minimum atomic E-state index is -0.484. The monoisotopic (exact) mass is 238 g/mol. The van der Waals surface area contributed by atoms with E-state index in [1.807, 2.05) is 10.8 Å². The molecule has 0 spiro atoms. The van der Waals surface area contributed by atoms with E-state index in [1.165, 1.54) is 0 Å². The fraction of sp³-hybridized carbons (Fsp3) is 0.667. The maximum atomic E-state index is 11.7. The highest BCUT2D eigenvalue weighted by Crippen LogP contribution is 2.20. The van der Waals surface area contributed by atoms with E-state index in [-0.39, 0.29) is 17.4 Å². The molecule has 0 fully saturated rings. The summed E-state index contributed by atoms with van der Waals surface area (Å²) in [4.78, 5) is 15.7. The number of imidazole rings is 1. The van der Waals surface area contributed by atoms with Crippen LogP contribution >= 0.6 is 0 Å². The van der Waals surface area contributed by atoms with Crippen molar-refractivity contribution in [3.05, 3.63) is 18.7 Å². The molecule has 0 bridgehead atoms. The topological polar surface area (TPSA) is 72.9 Å². The number of carbonyl (C=O) groups is 1. The van der Waals surface area contributed by atoms with Crippen LogP contribution < -0.4 is 11.1 Å².